The van der Waals surface area contributed by atoms with Gasteiger partial charge in [-0.05, 0) is 28.8 Å². The Morgan fingerprint density at radius 1 is 0.321 bits per heavy atom. The summed E-state index contributed by atoms with van der Waals surface area (Å²) in [4.78, 5) is 20.5. The van der Waals surface area contributed by atoms with Gasteiger partial charge in [-0.3, -0.25) is 4.40 Å². The topological polar surface area (TPSA) is 56.0 Å². The fraction of sp³-hybridized carbons (Fsp3) is 0. The van der Waals surface area contributed by atoms with E-state index in [1.807, 2.05) is 54.6 Å². The summed E-state index contributed by atoms with van der Waals surface area (Å²) in [5.41, 5.74) is 11.1. The highest BCUT2D eigenvalue weighted by atomic mass is 15.1. The maximum Gasteiger partial charge on any atom is 0.163 e. The van der Waals surface area contributed by atoms with Crippen LogP contribution in [0.5, 0.6) is 0 Å². The van der Waals surface area contributed by atoms with Gasteiger partial charge in [0.15, 0.2) is 11.6 Å². The number of aromatic nitrogens is 5. The second kappa shape index (κ2) is 12.8. The Morgan fingerprint density at radius 2 is 0.868 bits per heavy atom. The first kappa shape index (κ1) is 30.6. The third-order valence-electron chi connectivity index (χ3n) is 9.82. The second-order valence-electron chi connectivity index (χ2n) is 13.1. The molecule has 0 atom stereocenters. The highest BCUT2D eigenvalue weighted by Gasteiger charge is 2.21. The minimum atomic E-state index is 0.702. The van der Waals surface area contributed by atoms with Gasteiger partial charge in [0.25, 0.3) is 0 Å². The van der Waals surface area contributed by atoms with Crippen LogP contribution in [-0.2, 0) is 0 Å². The van der Waals surface area contributed by atoms with E-state index in [0.29, 0.717) is 11.6 Å². The second-order valence-corrected chi connectivity index (χ2v) is 13.1. The summed E-state index contributed by atoms with van der Waals surface area (Å²) in [5.74, 6) is 2.26. The van der Waals surface area contributed by atoms with Crippen LogP contribution < -0.4 is 0 Å². The lowest BCUT2D eigenvalue weighted by atomic mass is 9.99. The van der Waals surface area contributed by atoms with E-state index in [9.17, 15) is 0 Å². The Morgan fingerprint density at radius 3 is 1.60 bits per heavy atom. The molecule has 0 radical (unpaired) electrons. The predicted molar refractivity (Wildman–Crippen MR) is 216 cm³/mol. The van der Waals surface area contributed by atoms with Crippen molar-refractivity contribution in [2.24, 2.45) is 0 Å². The molecule has 5 heteroatoms. The Bertz CT molecular complexity index is 2920. The molecule has 248 valence electrons. The molecule has 0 bridgehead atoms. The van der Waals surface area contributed by atoms with Gasteiger partial charge in [0.2, 0.25) is 0 Å². The molecule has 0 spiro atoms. The van der Waals surface area contributed by atoms with Gasteiger partial charge in [-0.2, -0.15) is 0 Å². The number of rotatable bonds is 6. The normalized spacial score (nSPS) is 11.4. The fourth-order valence-electron chi connectivity index (χ4n) is 7.29. The van der Waals surface area contributed by atoms with E-state index < -0.39 is 0 Å². The molecule has 0 aliphatic carbocycles. The number of hydrogen-bond acceptors (Lipinski definition) is 4. The third kappa shape index (κ3) is 5.43. The third-order valence-corrected chi connectivity index (χ3v) is 9.82. The van der Waals surface area contributed by atoms with Crippen molar-refractivity contribution in [3.8, 4) is 67.8 Å². The molecule has 0 unspecified atom stereocenters. The zero-order chi connectivity index (χ0) is 35.1. The average Bonchev–Trinajstić information content (AvgIpc) is 3.58. The Kier molecular flexibility index (Phi) is 7.40. The Labute approximate surface area is 306 Å². The minimum absolute atomic E-state index is 0.702. The van der Waals surface area contributed by atoms with E-state index in [0.717, 1.165) is 83.5 Å². The summed E-state index contributed by atoms with van der Waals surface area (Å²) < 4.78 is 2.23. The monoisotopic (exact) mass is 677 g/mol. The first-order chi connectivity index (χ1) is 26.3. The van der Waals surface area contributed by atoms with Crippen molar-refractivity contribution in [1.82, 2.24) is 24.3 Å². The molecule has 0 saturated carbocycles. The number of benzene rings is 7. The van der Waals surface area contributed by atoms with E-state index in [1.165, 1.54) is 0 Å². The van der Waals surface area contributed by atoms with E-state index in [1.54, 1.807) is 0 Å². The van der Waals surface area contributed by atoms with Gasteiger partial charge in [-0.25, -0.2) is 19.9 Å². The molecule has 3 heterocycles. The molecular weight excluding hydrogens is 647 g/mol. The standard InChI is InChI=1S/C48H31N5/c1-4-15-33(16-5-1)43-41-25-12-13-26-42(41)49-46(50-43)38-22-14-21-37(31-38)32-27-29-34(30-28-32)44-39-23-10-11-24-40(39)48-52-45(35-17-6-2-7-18-35)51-47(53(44)48)36-19-8-3-9-20-36/h1-31H. The molecule has 0 amide bonds. The first-order valence-corrected chi connectivity index (χ1v) is 17.7. The number of fused-ring (bicyclic) bond motifs is 4. The van der Waals surface area contributed by atoms with Gasteiger partial charge in [-0.15, -0.1) is 0 Å². The van der Waals surface area contributed by atoms with Gasteiger partial charge in [0.05, 0.1) is 16.9 Å². The molecule has 0 aliphatic rings. The van der Waals surface area contributed by atoms with Gasteiger partial charge in [-0.1, -0.05) is 176 Å². The molecule has 10 aromatic rings. The van der Waals surface area contributed by atoms with E-state index in [2.05, 4.69) is 138 Å². The van der Waals surface area contributed by atoms with E-state index in [-0.39, 0.29) is 0 Å². The number of hydrogen-bond donors (Lipinski definition) is 0. The fourth-order valence-corrected chi connectivity index (χ4v) is 7.29. The Balaban J connectivity index is 1.10. The van der Waals surface area contributed by atoms with Crippen LogP contribution in [-0.4, -0.2) is 24.3 Å². The zero-order valence-electron chi connectivity index (χ0n) is 28.6. The van der Waals surface area contributed by atoms with Gasteiger partial charge in [0, 0.05) is 38.4 Å². The van der Waals surface area contributed by atoms with Crippen LogP contribution in [0, 0.1) is 0 Å². The van der Waals surface area contributed by atoms with Crippen LogP contribution in [0.3, 0.4) is 0 Å². The molecule has 7 aromatic carbocycles. The van der Waals surface area contributed by atoms with Gasteiger partial charge >= 0.3 is 0 Å². The number of nitrogens with zero attached hydrogens (tertiary/aromatic N) is 5. The van der Waals surface area contributed by atoms with Crippen LogP contribution in [0.1, 0.15) is 0 Å². The lowest BCUT2D eigenvalue weighted by molar-refractivity contribution is 1.05. The quantitative estimate of drug-likeness (QED) is 0.176. The molecule has 0 aliphatic heterocycles. The summed E-state index contributed by atoms with van der Waals surface area (Å²) in [6, 6.07) is 64.9. The van der Waals surface area contributed by atoms with Crippen LogP contribution >= 0.6 is 0 Å². The van der Waals surface area contributed by atoms with Crippen molar-refractivity contribution in [2.45, 2.75) is 0 Å². The van der Waals surface area contributed by atoms with Gasteiger partial charge < -0.3 is 0 Å². The first-order valence-electron chi connectivity index (χ1n) is 17.7. The average molecular weight is 678 g/mol. The van der Waals surface area contributed by atoms with Gasteiger partial charge in [0.1, 0.15) is 11.5 Å². The van der Waals surface area contributed by atoms with Crippen molar-refractivity contribution < 1.29 is 0 Å². The highest BCUT2D eigenvalue weighted by molar-refractivity contribution is 6.06. The molecule has 0 N–H and O–H groups in total. The summed E-state index contributed by atoms with van der Waals surface area (Å²) in [6.45, 7) is 0. The van der Waals surface area contributed by atoms with E-state index in [4.69, 9.17) is 19.9 Å². The summed E-state index contributed by atoms with van der Waals surface area (Å²) in [5, 5.41) is 3.25. The minimum Gasteiger partial charge on any atom is -0.277 e. The molecule has 0 saturated heterocycles. The van der Waals surface area contributed by atoms with Crippen molar-refractivity contribution in [3.63, 3.8) is 0 Å². The largest absolute Gasteiger partial charge is 0.277 e. The van der Waals surface area contributed by atoms with Crippen molar-refractivity contribution >= 4 is 27.3 Å². The maximum atomic E-state index is 5.21. The van der Waals surface area contributed by atoms with Crippen LogP contribution in [0.2, 0.25) is 0 Å². The SMILES string of the molecule is c1ccc(-c2nc(-c3ccccc3)n3c(-c4ccc(-c5cccc(-c6nc(-c7ccccc7)c7ccccc7n6)c5)cc4)c4ccccc4c3n2)cc1. The summed E-state index contributed by atoms with van der Waals surface area (Å²) in [6.07, 6.45) is 0. The van der Waals surface area contributed by atoms with Crippen molar-refractivity contribution in [2.75, 3.05) is 0 Å². The summed E-state index contributed by atoms with van der Waals surface area (Å²) >= 11 is 0. The maximum absolute atomic E-state index is 5.21. The van der Waals surface area contributed by atoms with Crippen LogP contribution in [0.25, 0.3) is 95.1 Å². The molecule has 3 aromatic heterocycles. The molecule has 53 heavy (non-hydrogen) atoms. The Hall–Kier alpha value is -7.24. The van der Waals surface area contributed by atoms with Crippen LogP contribution in [0.15, 0.2) is 188 Å². The van der Waals surface area contributed by atoms with Crippen molar-refractivity contribution in [1.29, 1.82) is 0 Å². The van der Waals surface area contributed by atoms with Crippen molar-refractivity contribution in [3.05, 3.63) is 188 Å². The smallest absolute Gasteiger partial charge is 0.163 e. The van der Waals surface area contributed by atoms with Crippen LogP contribution in [0.4, 0.5) is 0 Å². The lowest BCUT2D eigenvalue weighted by Crippen LogP contribution is -2.03. The summed E-state index contributed by atoms with van der Waals surface area (Å²) in [7, 11) is 0. The molecule has 0 fully saturated rings. The highest BCUT2D eigenvalue weighted by Crippen LogP contribution is 2.38. The number of para-hydroxylation sites is 1. The van der Waals surface area contributed by atoms with E-state index >= 15 is 0 Å². The lowest BCUT2D eigenvalue weighted by Gasteiger charge is -2.13. The predicted octanol–water partition coefficient (Wildman–Crippen LogP) is 11.8. The zero-order valence-corrected chi connectivity index (χ0v) is 28.6. The molecule has 10 rings (SSSR count). The molecular formula is C48H31N5. The molecule has 5 nitrogen and oxygen atoms in total.